The molecule has 1 saturated heterocycles. The van der Waals surface area contributed by atoms with E-state index in [2.05, 4.69) is 15.9 Å². The summed E-state index contributed by atoms with van der Waals surface area (Å²) in [5.74, 6) is 0.251. The molecule has 3 aromatic carbocycles. The van der Waals surface area contributed by atoms with Gasteiger partial charge in [0.2, 0.25) is 0 Å². The second-order valence-corrected chi connectivity index (χ2v) is 10.4. The topological polar surface area (TPSA) is 102 Å². The molecule has 39 heavy (non-hydrogen) atoms. The molecule has 0 radical (unpaired) electrons. The van der Waals surface area contributed by atoms with E-state index in [9.17, 15) is 14.4 Å². The van der Waals surface area contributed by atoms with Crippen molar-refractivity contribution in [3.63, 3.8) is 0 Å². The van der Waals surface area contributed by atoms with Crippen molar-refractivity contribution in [2.45, 2.75) is 20.5 Å². The van der Waals surface area contributed by atoms with Gasteiger partial charge in [-0.2, -0.15) is 0 Å². The van der Waals surface area contributed by atoms with Gasteiger partial charge in [0.05, 0.1) is 23.6 Å². The summed E-state index contributed by atoms with van der Waals surface area (Å²) in [7, 11) is 0. The van der Waals surface area contributed by atoms with Gasteiger partial charge in [0.1, 0.15) is 19.0 Å². The fraction of sp³-hybridized carbons (Fsp3) is 0.207. The zero-order valence-corrected chi connectivity index (χ0v) is 23.7. The molecule has 2 amide bonds. The van der Waals surface area contributed by atoms with Crippen molar-refractivity contribution in [1.82, 2.24) is 4.90 Å². The van der Waals surface area contributed by atoms with Crippen LogP contribution in [0.5, 0.6) is 17.2 Å². The van der Waals surface area contributed by atoms with E-state index in [1.807, 2.05) is 38.1 Å². The first-order valence-electron chi connectivity index (χ1n) is 12.1. The Balaban J connectivity index is 1.45. The third-order valence-corrected chi connectivity index (χ3v) is 7.32. The summed E-state index contributed by atoms with van der Waals surface area (Å²) in [6.45, 7) is 4.76. The molecular formula is C29H26BrNO7S. The fourth-order valence-corrected chi connectivity index (χ4v) is 4.96. The number of carbonyl (C=O) groups excluding carboxylic acids is 2. The number of carboxylic acids is 1. The van der Waals surface area contributed by atoms with Gasteiger partial charge in [-0.3, -0.25) is 14.5 Å². The summed E-state index contributed by atoms with van der Waals surface area (Å²) in [5.41, 5.74) is 2.76. The number of ether oxygens (including phenoxy) is 3. The zero-order chi connectivity index (χ0) is 27.9. The molecule has 0 bridgehead atoms. The Labute approximate surface area is 238 Å². The third-order valence-electron chi connectivity index (χ3n) is 5.72. The Morgan fingerprint density at radius 1 is 1.00 bits per heavy atom. The molecule has 1 fully saturated rings. The van der Waals surface area contributed by atoms with Gasteiger partial charge in [-0.15, -0.1) is 0 Å². The number of halogens is 1. The summed E-state index contributed by atoms with van der Waals surface area (Å²) in [6, 6.07) is 17.5. The summed E-state index contributed by atoms with van der Waals surface area (Å²) in [5, 5.41) is 8.71. The quantitative estimate of drug-likeness (QED) is 0.244. The van der Waals surface area contributed by atoms with E-state index in [1.54, 1.807) is 30.3 Å². The van der Waals surface area contributed by atoms with Crippen LogP contribution in [0.25, 0.3) is 6.08 Å². The van der Waals surface area contributed by atoms with Gasteiger partial charge >= 0.3 is 5.97 Å². The maximum absolute atomic E-state index is 13.0. The molecule has 3 aromatic rings. The van der Waals surface area contributed by atoms with Crippen LogP contribution in [0.2, 0.25) is 0 Å². The lowest BCUT2D eigenvalue weighted by molar-refractivity contribution is -0.123. The predicted molar refractivity (Wildman–Crippen MR) is 152 cm³/mol. The minimum absolute atomic E-state index is 0.140. The normalized spacial score (nSPS) is 14.1. The molecule has 1 aliphatic rings. The van der Waals surface area contributed by atoms with Crippen LogP contribution in [0.15, 0.2) is 70.0 Å². The van der Waals surface area contributed by atoms with E-state index in [1.165, 1.54) is 17.0 Å². The molecular weight excluding hydrogens is 586 g/mol. The summed E-state index contributed by atoms with van der Waals surface area (Å²) in [6.07, 6.45) is 1.65. The number of hydrogen-bond acceptors (Lipinski definition) is 7. The van der Waals surface area contributed by atoms with E-state index >= 15 is 0 Å². The smallest absolute Gasteiger partial charge is 0.335 e. The second kappa shape index (κ2) is 12.9. The van der Waals surface area contributed by atoms with Gasteiger partial charge in [-0.05, 0) is 79.2 Å². The second-order valence-electron chi connectivity index (χ2n) is 8.54. The number of carboxylic acid groups (broad SMARTS) is 1. The van der Waals surface area contributed by atoms with Crippen LogP contribution in [-0.2, 0) is 11.4 Å². The molecule has 10 heteroatoms. The number of imide groups is 1. The Morgan fingerprint density at radius 2 is 1.69 bits per heavy atom. The monoisotopic (exact) mass is 611 g/mol. The minimum Gasteiger partial charge on any atom is -0.492 e. The molecule has 1 heterocycles. The average Bonchev–Trinajstić information content (AvgIpc) is 3.18. The lowest BCUT2D eigenvalue weighted by atomic mass is 10.1. The lowest BCUT2D eigenvalue weighted by Gasteiger charge is -2.15. The molecule has 4 rings (SSSR count). The Kier molecular flexibility index (Phi) is 9.32. The summed E-state index contributed by atoms with van der Waals surface area (Å²) < 4.78 is 18.1. The number of rotatable bonds is 11. The van der Waals surface area contributed by atoms with Gasteiger partial charge in [0.15, 0.2) is 11.5 Å². The van der Waals surface area contributed by atoms with Gasteiger partial charge in [0, 0.05) is 4.47 Å². The van der Waals surface area contributed by atoms with Crippen LogP contribution in [0.4, 0.5) is 4.79 Å². The van der Waals surface area contributed by atoms with Crippen molar-refractivity contribution in [2.24, 2.45) is 0 Å². The maximum Gasteiger partial charge on any atom is 0.335 e. The highest BCUT2D eigenvalue weighted by Crippen LogP contribution is 2.38. The molecule has 8 nitrogen and oxygen atoms in total. The van der Waals surface area contributed by atoms with E-state index in [-0.39, 0.29) is 36.5 Å². The number of nitrogens with zero attached hydrogens (tertiary/aromatic N) is 1. The van der Waals surface area contributed by atoms with Crippen LogP contribution in [0.1, 0.15) is 34.0 Å². The van der Waals surface area contributed by atoms with E-state index in [0.717, 1.165) is 22.9 Å². The van der Waals surface area contributed by atoms with Crippen LogP contribution in [-0.4, -0.2) is 46.9 Å². The van der Waals surface area contributed by atoms with Crippen molar-refractivity contribution in [1.29, 1.82) is 0 Å². The number of aryl methyl sites for hydroxylation is 1. The van der Waals surface area contributed by atoms with Gasteiger partial charge in [-0.1, -0.05) is 45.8 Å². The number of thioether (sulfide) groups is 1. The van der Waals surface area contributed by atoms with Crippen LogP contribution < -0.4 is 14.2 Å². The number of amides is 2. The molecule has 1 aliphatic heterocycles. The third kappa shape index (κ3) is 7.21. The van der Waals surface area contributed by atoms with E-state index in [0.29, 0.717) is 38.8 Å². The number of hydrogen-bond donors (Lipinski definition) is 1. The zero-order valence-electron chi connectivity index (χ0n) is 21.3. The molecule has 0 unspecified atom stereocenters. The molecule has 0 spiro atoms. The van der Waals surface area contributed by atoms with Crippen molar-refractivity contribution < 1.29 is 33.7 Å². The summed E-state index contributed by atoms with van der Waals surface area (Å²) >= 11 is 4.41. The minimum atomic E-state index is -0.992. The maximum atomic E-state index is 13.0. The number of aromatic carboxylic acids is 1. The molecule has 0 atom stereocenters. The van der Waals surface area contributed by atoms with Gasteiger partial charge < -0.3 is 19.3 Å². The van der Waals surface area contributed by atoms with Crippen LogP contribution in [0.3, 0.4) is 0 Å². The van der Waals surface area contributed by atoms with Gasteiger partial charge in [0.25, 0.3) is 11.1 Å². The molecule has 202 valence electrons. The first-order chi connectivity index (χ1) is 18.7. The largest absolute Gasteiger partial charge is 0.492 e. The predicted octanol–water partition coefficient (Wildman–Crippen LogP) is 6.55. The molecule has 0 aliphatic carbocycles. The molecule has 1 N–H and O–H groups in total. The van der Waals surface area contributed by atoms with Crippen LogP contribution in [0, 0.1) is 6.92 Å². The highest BCUT2D eigenvalue weighted by atomic mass is 79.9. The van der Waals surface area contributed by atoms with Crippen molar-refractivity contribution in [3.05, 3.63) is 92.3 Å². The summed E-state index contributed by atoms with van der Waals surface area (Å²) in [4.78, 5) is 38.0. The SMILES string of the molecule is CCOc1cc(/C=C2\SC(=O)N(CCOc3ccc(C)cc3)C2=O)c(Br)cc1OCc1ccc(C(=O)O)cc1. The van der Waals surface area contributed by atoms with E-state index in [4.69, 9.17) is 19.3 Å². The Bertz CT molecular complexity index is 1400. The average molecular weight is 612 g/mol. The van der Waals surface area contributed by atoms with Crippen molar-refractivity contribution in [3.8, 4) is 17.2 Å². The highest BCUT2D eigenvalue weighted by molar-refractivity contribution is 9.10. The molecule has 0 aromatic heterocycles. The molecule has 0 saturated carbocycles. The van der Waals surface area contributed by atoms with Crippen molar-refractivity contribution >= 4 is 50.9 Å². The Hall–Kier alpha value is -3.76. The highest BCUT2D eigenvalue weighted by Gasteiger charge is 2.35. The van der Waals surface area contributed by atoms with Crippen LogP contribution >= 0.6 is 27.7 Å². The fourth-order valence-electron chi connectivity index (χ4n) is 3.67. The lowest BCUT2D eigenvalue weighted by Crippen LogP contribution is -2.32. The van der Waals surface area contributed by atoms with E-state index < -0.39 is 5.97 Å². The van der Waals surface area contributed by atoms with Crippen molar-refractivity contribution in [2.75, 3.05) is 19.8 Å². The first kappa shape index (κ1) is 28.3. The number of carbonyl (C=O) groups is 3. The number of benzene rings is 3. The van der Waals surface area contributed by atoms with Gasteiger partial charge in [-0.25, -0.2) is 4.79 Å². The standard InChI is InChI=1S/C29H26BrNO7S/c1-3-36-24-14-21(23(30)16-25(24)38-17-19-6-8-20(9-7-19)28(33)34)15-26-27(32)31(29(35)39-26)12-13-37-22-10-4-18(2)5-11-22/h4-11,14-16H,3,12-13,17H2,1-2H3,(H,33,34)/b26-15-. The Morgan fingerprint density at radius 3 is 2.36 bits per heavy atom. The first-order valence-corrected chi connectivity index (χ1v) is 13.7.